The van der Waals surface area contributed by atoms with Gasteiger partial charge in [0.05, 0.1) is 12.2 Å². The first-order chi connectivity index (χ1) is 25.4. The number of rotatable bonds is 17. The van der Waals surface area contributed by atoms with Gasteiger partial charge in [-0.2, -0.15) is 0 Å². The van der Waals surface area contributed by atoms with Crippen molar-refractivity contribution in [3.05, 3.63) is 35.5 Å². The molecule has 0 saturated heterocycles. The number of fused-ring (bicyclic) bond motifs is 1. The molecule has 4 saturated carbocycles. The molecule has 4 aliphatic rings. The van der Waals surface area contributed by atoms with Crippen molar-refractivity contribution in [2.24, 2.45) is 28.6 Å². The number of ether oxygens (including phenoxy) is 1. The van der Waals surface area contributed by atoms with E-state index >= 15 is 0 Å². The van der Waals surface area contributed by atoms with E-state index < -0.39 is 16.6 Å². The Hall–Kier alpha value is -1.29. The molecular formula is C48H84O5Si2. The van der Waals surface area contributed by atoms with E-state index in [0.717, 1.165) is 63.4 Å². The predicted molar refractivity (Wildman–Crippen MR) is 236 cm³/mol. The minimum absolute atomic E-state index is 0.0286. The molecule has 5 nitrogen and oxygen atoms in total. The van der Waals surface area contributed by atoms with Crippen molar-refractivity contribution < 1.29 is 23.2 Å². The van der Waals surface area contributed by atoms with E-state index in [1.807, 2.05) is 0 Å². The van der Waals surface area contributed by atoms with Gasteiger partial charge in [-0.1, -0.05) is 119 Å². The Balaban J connectivity index is 1.55. The molecule has 0 aromatic heterocycles. The third-order valence-electron chi connectivity index (χ3n) is 15.9. The van der Waals surface area contributed by atoms with Gasteiger partial charge < -0.3 is 13.6 Å². The number of carbonyl (C=O) groups excluding carboxylic acids is 2. The summed E-state index contributed by atoms with van der Waals surface area (Å²) in [5.74, 6) is 1.12. The highest BCUT2D eigenvalue weighted by molar-refractivity contribution is 6.74. The number of unbranched alkanes of at least 4 members (excludes halogenated alkanes) is 4. The van der Waals surface area contributed by atoms with Crippen LogP contribution in [0.25, 0.3) is 0 Å². The van der Waals surface area contributed by atoms with Gasteiger partial charge in [-0.25, -0.2) is 0 Å². The van der Waals surface area contributed by atoms with Gasteiger partial charge >= 0.3 is 5.97 Å². The zero-order chi connectivity index (χ0) is 41.2. The summed E-state index contributed by atoms with van der Waals surface area (Å²) in [6.07, 6.45) is 21.6. The fourth-order valence-corrected chi connectivity index (χ4v) is 12.7. The molecule has 0 amide bonds. The maximum atomic E-state index is 13.9. The van der Waals surface area contributed by atoms with Gasteiger partial charge in [-0.05, 0) is 128 Å². The average Bonchev–Trinajstić information content (AvgIpc) is 3.77. The van der Waals surface area contributed by atoms with Crippen LogP contribution in [0.1, 0.15) is 172 Å². The van der Waals surface area contributed by atoms with Crippen LogP contribution in [0.15, 0.2) is 35.5 Å². The minimum Gasteiger partial charge on any atom is -0.462 e. The third kappa shape index (κ3) is 11.1. The van der Waals surface area contributed by atoms with Crippen molar-refractivity contribution >= 4 is 28.4 Å². The Kier molecular flexibility index (Phi) is 15.1. The number of Topliss-reactive ketones (excluding diaryl/α,β-unsaturated/α-hetero) is 1. The quantitative estimate of drug-likeness (QED) is 0.0833. The second-order valence-electron chi connectivity index (χ2n) is 21.9. The van der Waals surface area contributed by atoms with Crippen LogP contribution in [0, 0.1) is 28.6 Å². The fraction of sp³-hybridized carbons (Fsp3) is 0.833. The maximum Gasteiger partial charge on any atom is 0.302 e. The SMILES string of the molecule is C=C1C(=CC=C2CCC[C@]3(C)[C@@H]([C@H](C)C(CC(=O)C4(CCCCCCC)CC4)OC(C)=O)CC[C@@H]23)C[C@@H](O[Si](C)(C)C(C)(C)C)C[C@@H]1O[Si](C)(C)C(C)(C)C. The van der Waals surface area contributed by atoms with Crippen LogP contribution in [0.3, 0.4) is 0 Å². The molecule has 0 bridgehead atoms. The highest BCUT2D eigenvalue weighted by atomic mass is 28.4. The molecule has 0 heterocycles. The molecule has 314 valence electrons. The van der Waals surface area contributed by atoms with Crippen molar-refractivity contribution in [1.82, 2.24) is 0 Å². The highest BCUT2D eigenvalue weighted by Crippen LogP contribution is 2.60. The zero-order valence-electron chi connectivity index (χ0n) is 38.2. The zero-order valence-corrected chi connectivity index (χ0v) is 40.2. The molecule has 0 spiro atoms. The molecule has 0 N–H and O–H groups in total. The monoisotopic (exact) mass is 797 g/mol. The number of esters is 1. The van der Waals surface area contributed by atoms with Crippen molar-refractivity contribution in [3.63, 3.8) is 0 Å². The van der Waals surface area contributed by atoms with Crippen LogP contribution in [0.2, 0.25) is 36.3 Å². The summed E-state index contributed by atoms with van der Waals surface area (Å²) in [4.78, 5) is 26.4. The van der Waals surface area contributed by atoms with Crippen molar-refractivity contribution in [3.8, 4) is 0 Å². The number of carbonyl (C=O) groups is 2. The van der Waals surface area contributed by atoms with Gasteiger partial charge in [0, 0.05) is 25.2 Å². The number of hydrogen-bond acceptors (Lipinski definition) is 5. The Bertz CT molecular complexity index is 1420. The normalized spacial score (nSPS) is 30.0. The molecule has 0 radical (unpaired) electrons. The molecule has 4 fully saturated rings. The van der Waals surface area contributed by atoms with Crippen LogP contribution < -0.4 is 0 Å². The van der Waals surface area contributed by atoms with Crippen molar-refractivity contribution in [1.29, 1.82) is 0 Å². The van der Waals surface area contributed by atoms with E-state index in [-0.39, 0.29) is 51.1 Å². The number of hydrogen-bond donors (Lipinski definition) is 0. The Morgan fingerprint density at radius 3 is 2.11 bits per heavy atom. The molecule has 7 atom stereocenters. The third-order valence-corrected chi connectivity index (χ3v) is 24.9. The molecule has 1 unspecified atom stereocenters. The van der Waals surface area contributed by atoms with E-state index in [1.165, 1.54) is 51.0 Å². The van der Waals surface area contributed by atoms with Crippen molar-refractivity contribution in [2.75, 3.05) is 0 Å². The largest absolute Gasteiger partial charge is 0.462 e. The lowest BCUT2D eigenvalue weighted by molar-refractivity contribution is -0.153. The standard InChI is InChI=1S/C48H84O5Si2/c1-16-17-18-19-20-28-48(29-30-48)44(50)33-42(51-36(4)49)35(3)40-25-26-41-37(22-21-27-47(40,41)11)23-24-38-31-39(52-54(12,13)45(5,6)7)32-43(34(38)2)53-55(14,15)46(8,9)10/h23-24,35,39-43H,2,16-22,25-33H2,1,3-15H3/t35-,39+,40+,41-,42?,43-,47+/m0/s1. The van der Waals surface area contributed by atoms with E-state index in [4.69, 9.17) is 20.2 Å². The predicted octanol–water partition coefficient (Wildman–Crippen LogP) is 13.9. The van der Waals surface area contributed by atoms with Gasteiger partial charge in [-0.3, -0.25) is 9.59 Å². The van der Waals surface area contributed by atoms with Crippen LogP contribution >= 0.6 is 0 Å². The molecule has 4 aliphatic carbocycles. The number of ketones is 1. The topological polar surface area (TPSA) is 61.8 Å². The molecule has 55 heavy (non-hydrogen) atoms. The second kappa shape index (κ2) is 17.9. The lowest BCUT2D eigenvalue weighted by Gasteiger charge is -2.46. The molecule has 0 aliphatic heterocycles. The molecule has 0 aromatic carbocycles. The first-order valence-electron chi connectivity index (χ1n) is 22.5. The molecule has 7 heteroatoms. The Labute approximate surface area is 340 Å². The van der Waals surface area contributed by atoms with E-state index in [2.05, 4.69) is 101 Å². The summed E-state index contributed by atoms with van der Waals surface area (Å²) in [5.41, 5.74) is 3.93. The van der Waals surface area contributed by atoms with Gasteiger partial charge in [0.25, 0.3) is 0 Å². The lowest BCUT2D eigenvalue weighted by Crippen LogP contribution is -2.49. The van der Waals surface area contributed by atoms with Gasteiger partial charge in [0.15, 0.2) is 16.6 Å². The average molecular weight is 797 g/mol. The summed E-state index contributed by atoms with van der Waals surface area (Å²) in [7, 11) is -4.03. The summed E-state index contributed by atoms with van der Waals surface area (Å²) in [6.45, 7) is 36.6. The number of allylic oxidation sites excluding steroid dienone is 3. The summed E-state index contributed by atoms with van der Waals surface area (Å²) in [5, 5.41) is 0.255. The minimum atomic E-state index is -2.04. The Morgan fingerprint density at radius 2 is 1.53 bits per heavy atom. The molecule has 4 rings (SSSR count). The van der Waals surface area contributed by atoms with Crippen LogP contribution in [-0.4, -0.2) is 46.7 Å². The smallest absolute Gasteiger partial charge is 0.302 e. The summed E-state index contributed by atoms with van der Waals surface area (Å²) < 4.78 is 20.3. The Morgan fingerprint density at radius 1 is 0.909 bits per heavy atom. The van der Waals surface area contributed by atoms with E-state index in [9.17, 15) is 9.59 Å². The maximum absolute atomic E-state index is 13.9. The van der Waals surface area contributed by atoms with Gasteiger partial charge in [-0.15, -0.1) is 0 Å². The van der Waals surface area contributed by atoms with E-state index in [0.29, 0.717) is 24.0 Å². The first-order valence-corrected chi connectivity index (χ1v) is 28.3. The highest BCUT2D eigenvalue weighted by Gasteiger charge is 2.54. The first kappa shape index (κ1) is 46.4. The van der Waals surface area contributed by atoms with Crippen molar-refractivity contribution in [2.45, 2.75) is 227 Å². The molecule has 0 aromatic rings. The van der Waals surface area contributed by atoms with Gasteiger partial charge in [0.1, 0.15) is 11.9 Å². The summed E-state index contributed by atoms with van der Waals surface area (Å²) >= 11 is 0. The summed E-state index contributed by atoms with van der Waals surface area (Å²) in [6, 6.07) is 0. The second-order valence-corrected chi connectivity index (χ2v) is 31.5. The van der Waals surface area contributed by atoms with E-state index in [1.54, 1.807) is 5.57 Å². The van der Waals surface area contributed by atoms with Gasteiger partial charge in [0.2, 0.25) is 0 Å². The van der Waals surface area contributed by atoms with Crippen LogP contribution in [-0.2, 0) is 23.2 Å². The van der Waals surface area contributed by atoms with Crippen LogP contribution in [0.5, 0.6) is 0 Å². The lowest BCUT2D eigenvalue weighted by atomic mass is 9.60. The molecular weight excluding hydrogens is 713 g/mol. The van der Waals surface area contributed by atoms with Crippen LogP contribution in [0.4, 0.5) is 0 Å². The fourth-order valence-electron chi connectivity index (χ4n) is 10.0.